The molecule has 0 aliphatic heterocycles. The van der Waals surface area contributed by atoms with Gasteiger partial charge in [-0.25, -0.2) is 4.79 Å². The van der Waals surface area contributed by atoms with E-state index in [0.29, 0.717) is 12.4 Å². The van der Waals surface area contributed by atoms with E-state index in [-0.39, 0.29) is 5.97 Å². The van der Waals surface area contributed by atoms with E-state index in [1.165, 1.54) is 62.5 Å². The molecule has 30 heavy (non-hydrogen) atoms. The number of aryl methyl sites for hydroxylation is 1. The van der Waals surface area contributed by atoms with Crippen molar-refractivity contribution in [2.75, 3.05) is 6.61 Å². The average molecular weight is 411 g/mol. The fourth-order valence-corrected chi connectivity index (χ4v) is 3.56. The molecule has 0 aliphatic carbocycles. The normalized spacial score (nSPS) is 11.8. The quantitative estimate of drug-likeness (QED) is 0.241. The molecule has 0 radical (unpaired) electrons. The van der Waals surface area contributed by atoms with Gasteiger partial charge in [-0.15, -0.1) is 0 Å². The Kier molecular flexibility index (Phi) is 11.1. The van der Waals surface area contributed by atoms with Crippen LogP contribution in [0.25, 0.3) is 11.1 Å². The Morgan fingerprint density at radius 2 is 1.30 bits per heavy atom. The Morgan fingerprint density at radius 3 is 1.87 bits per heavy atom. The van der Waals surface area contributed by atoms with Gasteiger partial charge in [0.25, 0.3) is 0 Å². The second-order valence-electron chi connectivity index (χ2n) is 7.96. The molecule has 2 rings (SSSR count). The zero-order valence-electron chi connectivity index (χ0n) is 19.0. The second-order valence-corrected chi connectivity index (χ2v) is 7.96. The highest BCUT2D eigenvalue weighted by Gasteiger charge is 2.15. The first kappa shape index (κ1) is 24.0. The molecule has 0 bridgehead atoms. The Morgan fingerprint density at radius 1 is 0.767 bits per heavy atom. The van der Waals surface area contributed by atoms with Crippen molar-refractivity contribution in [3.05, 3.63) is 54.1 Å². The van der Waals surface area contributed by atoms with Crippen LogP contribution in [0.4, 0.5) is 0 Å². The van der Waals surface area contributed by atoms with Crippen LogP contribution in [-0.2, 0) is 16.0 Å². The summed E-state index contributed by atoms with van der Waals surface area (Å²) in [5.74, 6) is 0.333. The van der Waals surface area contributed by atoms with Gasteiger partial charge in [-0.1, -0.05) is 88.3 Å². The van der Waals surface area contributed by atoms with Gasteiger partial charge >= 0.3 is 5.97 Å². The van der Waals surface area contributed by atoms with Crippen molar-refractivity contribution in [3.63, 3.8) is 0 Å². The minimum Gasteiger partial charge on any atom is -0.479 e. The maximum Gasteiger partial charge on any atom is 0.347 e. The van der Waals surface area contributed by atoms with E-state index >= 15 is 0 Å². The molecular formula is C27H38O3. The number of hydrogen-bond acceptors (Lipinski definition) is 3. The lowest BCUT2D eigenvalue weighted by Crippen LogP contribution is -2.25. The number of ether oxygens (including phenoxy) is 2. The van der Waals surface area contributed by atoms with E-state index in [9.17, 15) is 4.79 Å². The number of unbranched alkanes of at least 4 members (excludes halogenated alkanes) is 7. The van der Waals surface area contributed by atoms with Crippen LogP contribution < -0.4 is 4.74 Å². The van der Waals surface area contributed by atoms with Crippen LogP contribution >= 0.6 is 0 Å². The van der Waals surface area contributed by atoms with E-state index in [1.807, 2.05) is 24.3 Å². The van der Waals surface area contributed by atoms with Crippen molar-refractivity contribution >= 4 is 5.97 Å². The monoisotopic (exact) mass is 410 g/mol. The van der Waals surface area contributed by atoms with E-state index in [0.717, 1.165) is 12.0 Å². The maximum absolute atomic E-state index is 11.7. The first-order valence-corrected chi connectivity index (χ1v) is 11.7. The molecule has 0 saturated heterocycles. The predicted molar refractivity (Wildman–Crippen MR) is 125 cm³/mol. The van der Waals surface area contributed by atoms with E-state index < -0.39 is 6.10 Å². The van der Waals surface area contributed by atoms with E-state index in [1.54, 1.807) is 13.8 Å². The maximum atomic E-state index is 11.7. The highest BCUT2D eigenvalue weighted by Crippen LogP contribution is 2.24. The molecule has 0 saturated carbocycles. The van der Waals surface area contributed by atoms with Gasteiger partial charge in [-0.3, -0.25) is 0 Å². The summed E-state index contributed by atoms with van der Waals surface area (Å²) >= 11 is 0. The second kappa shape index (κ2) is 13.8. The highest BCUT2D eigenvalue weighted by atomic mass is 16.6. The van der Waals surface area contributed by atoms with Gasteiger partial charge in [-0.05, 0) is 55.5 Å². The van der Waals surface area contributed by atoms with Crippen LogP contribution in [0, 0.1) is 0 Å². The van der Waals surface area contributed by atoms with Crippen molar-refractivity contribution in [1.29, 1.82) is 0 Å². The van der Waals surface area contributed by atoms with Crippen LogP contribution in [0.1, 0.15) is 77.7 Å². The van der Waals surface area contributed by atoms with Crippen molar-refractivity contribution in [3.8, 4) is 16.9 Å². The van der Waals surface area contributed by atoms with Crippen molar-refractivity contribution < 1.29 is 14.3 Å². The van der Waals surface area contributed by atoms with Gasteiger partial charge in [0.05, 0.1) is 6.61 Å². The summed E-state index contributed by atoms with van der Waals surface area (Å²) in [6.45, 7) is 6.13. The zero-order chi connectivity index (χ0) is 21.6. The summed E-state index contributed by atoms with van der Waals surface area (Å²) in [5, 5.41) is 0. The molecule has 1 atom stereocenters. The molecule has 2 aromatic carbocycles. The molecule has 0 unspecified atom stereocenters. The Labute approximate surface area is 182 Å². The minimum absolute atomic E-state index is 0.339. The molecule has 2 aromatic rings. The lowest BCUT2D eigenvalue weighted by atomic mass is 10.0. The molecule has 3 heteroatoms. The SMILES string of the molecule is CCCCCCCCCCc1ccc(-c2ccc(O[C@@H](C)C(=O)OCC)cc2)cc1. The van der Waals surface area contributed by atoms with Gasteiger partial charge < -0.3 is 9.47 Å². The standard InChI is InChI=1S/C27H38O3/c1-4-6-7-8-9-10-11-12-13-23-14-16-24(17-15-23)25-18-20-26(21-19-25)30-22(3)27(28)29-5-2/h14-22H,4-13H2,1-3H3/t22-/m0/s1. The van der Waals surface area contributed by atoms with Crippen LogP contribution in [0.15, 0.2) is 48.5 Å². The Hall–Kier alpha value is -2.29. The zero-order valence-corrected chi connectivity index (χ0v) is 19.0. The molecule has 0 aromatic heterocycles. The summed E-state index contributed by atoms with van der Waals surface area (Å²) in [6, 6.07) is 16.7. The molecule has 164 valence electrons. The van der Waals surface area contributed by atoms with Crippen LogP contribution in [-0.4, -0.2) is 18.7 Å². The fraction of sp³-hybridized carbons (Fsp3) is 0.519. The number of rotatable bonds is 14. The van der Waals surface area contributed by atoms with E-state index in [4.69, 9.17) is 9.47 Å². The van der Waals surface area contributed by atoms with Gasteiger partial charge in [-0.2, -0.15) is 0 Å². The summed E-state index contributed by atoms with van der Waals surface area (Å²) < 4.78 is 10.6. The molecule has 0 amide bonds. The topological polar surface area (TPSA) is 35.5 Å². The predicted octanol–water partition coefficient (Wildman–Crippen LogP) is 7.37. The van der Waals surface area contributed by atoms with Gasteiger partial charge in [0, 0.05) is 0 Å². The van der Waals surface area contributed by atoms with Gasteiger partial charge in [0.15, 0.2) is 6.10 Å². The Balaban J connectivity index is 1.75. The largest absolute Gasteiger partial charge is 0.479 e. The van der Waals surface area contributed by atoms with Crippen LogP contribution in [0.2, 0.25) is 0 Å². The third-order valence-electron chi connectivity index (χ3n) is 5.39. The fourth-order valence-electron chi connectivity index (χ4n) is 3.56. The number of carbonyl (C=O) groups is 1. The number of benzene rings is 2. The van der Waals surface area contributed by atoms with Crippen molar-refractivity contribution in [1.82, 2.24) is 0 Å². The molecule has 0 heterocycles. The number of esters is 1. The Bertz CT molecular complexity index is 719. The summed E-state index contributed by atoms with van der Waals surface area (Å²) in [5.41, 5.74) is 3.75. The lowest BCUT2D eigenvalue weighted by Gasteiger charge is -2.13. The third-order valence-corrected chi connectivity index (χ3v) is 5.39. The highest BCUT2D eigenvalue weighted by molar-refractivity contribution is 5.74. The summed E-state index contributed by atoms with van der Waals surface area (Å²) in [6.07, 6.45) is 11.4. The molecule has 3 nitrogen and oxygen atoms in total. The molecule has 0 aliphatic rings. The minimum atomic E-state index is -0.605. The van der Waals surface area contributed by atoms with Crippen LogP contribution in [0.5, 0.6) is 5.75 Å². The first-order valence-electron chi connectivity index (χ1n) is 11.7. The van der Waals surface area contributed by atoms with Gasteiger partial charge in [0.2, 0.25) is 0 Å². The molecule has 0 spiro atoms. The third kappa shape index (κ3) is 8.61. The van der Waals surface area contributed by atoms with E-state index in [2.05, 4.69) is 31.2 Å². The molecule has 0 fully saturated rings. The summed E-state index contributed by atoms with van der Waals surface area (Å²) in [4.78, 5) is 11.7. The lowest BCUT2D eigenvalue weighted by molar-refractivity contribution is -0.150. The molecule has 0 N–H and O–H groups in total. The number of hydrogen-bond donors (Lipinski definition) is 0. The summed E-state index contributed by atoms with van der Waals surface area (Å²) in [7, 11) is 0. The first-order chi connectivity index (χ1) is 14.6. The molecular weight excluding hydrogens is 372 g/mol. The van der Waals surface area contributed by atoms with Gasteiger partial charge in [0.1, 0.15) is 5.75 Å². The smallest absolute Gasteiger partial charge is 0.347 e. The average Bonchev–Trinajstić information content (AvgIpc) is 2.77. The van der Waals surface area contributed by atoms with Crippen LogP contribution in [0.3, 0.4) is 0 Å². The van der Waals surface area contributed by atoms with Crippen molar-refractivity contribution in [2.45, 2.75) is 84.7 Å². The number of carbonyl (C=O) groups excluding carboxylic acids is 1. The van der Waals surface area contributed by atoms with Crippen molar-refractivity contribution in [2.24, 2.45) is 0 Å².